The molecule has 2 N–H and O–H groups in total. The fraction of sp³-hybridized carbons (Fsp3) is 0.296. The van der Waals surface area contributed by atoms with E-state index in [0.29, 0.717) is 23.1 Å². The van der Waals surface area contributed by atoms with Crippen molar-refractivity contribution in [2.75, 3.05) is 15.1 Å². The molecule has 0 radical (unpaired) electrons. The molecule has 0 bridgehead atoms. The van der Waals surface area contributed by atoms with Gasteiger partial charge in [0.1, 0.15) is 23.6 Å². The molecule has 1 saturated carbocycles. The Balaban J connectivity index is 1.44. The molecule has 1 amide bonds. The number of anilines is 5. The Morgan fingerprint density at radius 2 is 1.97 bits per heavy atom. The summed E-state index contributed by atoms with van der Waals surface area (Å²) in [4.78, 5) is 26.8. The number of hydrogen-bond donors (Lipinski definition) is 2. The number of carbonyl (C=O) groups excluding carboxylic acids is 1. The molecule has 1 atom stereocenters. The Kier molecular flexibility index (Phi) is 5.68. The number of halogens is 1. The number of benzene rings is 2. The lowest BCUT2D eigenvalue weighted by Crippen LogP contribution is -2.55. The summed E-state index contributed by atoms with van der Waals surface area (Å²) < 4.78 is 14.1. The van der Waals surface area contributed by atoms with Crippen molar-refractivity contribution in [3.05, 3.63) is 60.2 Å². The van der Waals surface area contributed by atoms with Crippen molar-refractivity contribution in [3.8, 4) is 6.07 Å². The molecule has 1 fully saturated rings. The molecular formula is C27H25FN8O. The number of amides is 1. The van der Waals surface area contributed by atoms with Crippen molar-refractivity contribution in [2.24, 2.45) is 0 Å². The number of nitrogens with zero attached hydrogens (tertiary/aromatic N) is 6. The molecule has 2 aromatic heterocycles. The minimum absolute atomic E-state index is 0.122. The molecule has 3 heterocycles. The first-order valence-electron chi connectivity index (χ1n) is 12.4. The van der Waals surface area contributed by atoms with Crippen LogP contribution in [0.4, 0.5) is 33.2 Å². The maximum atomic E-state index is 14.1. The lowest BCUT2D eigenvalue weighted by Gasteiger charge is -2.45. The van der Waals surface area contributed by atoms with E-state index in [9.17, 15) is 14.4 Å². The second kappa shape index (κ2) is 9.17. The molecule has 0 spiro atoms. The molecule has 10 heteroatoms. The summed E-state index contributed by atoms with van der Waals surface area (Å²) in [5.41, 5.74) is 2.54. The van der Waals surface area contributed by atoms with E-state index >= 15 is 0 Å². The maximum absolute atomic E-state index is 14.1. The average Bonchev–Trinajstić information content (AvgIpc) is 3.39. The lowest BCUT2D eigenvalue weighted by atomic mass is 9.92. The summed E-state index contributed by atoms with van der Waals surface area (Å²) in [6.45, 7) is 1.88. The topological polar surface area (TPSA) is 114 Å². The normalized spacial score (nSPS) is 18.1. The highest BCUT2D eigenvalue weighted by atomic mass is 19.1. The van der Waals surface area contributed by atoms with Crippen LogP contribution >= 0.6 is 0 Å². The molecule has 1 aliphatic carbocycles. The van der Waals surface area contributed by atoms with Crippen molar-refractivity contribution in [1.82, 2.24) is 20.2 Å². The van der Waals surface area contributed by atoms with E-state index in [1.54, 1.807) is 12.4 Å². The van der Waals surface area contributed by atoms with Gasteiger partial charge in [-0.05, 0) is 56.2 Å². The van der Waals surface area contributed by atoms with E-state index < -0.39 is 11.9 Å². The van der Waals surface area contributed by atoms with E-state index in [-0.39, 0.29) is 17.5 Å². The lowest BCUT2D eigenvalue weighted by molar-refractivity contribution is -0.119. The van der Waals surface area contributed by atoms with Gasteiger partial charge in [0.2, 0.25) is 5.95 Å². The number of aromatic amines is 1. The molecule has 6 rings (SSSR count). The van der Waals surface area contributed by atoms with Crippen LogP contribution in [0.5, 0.6) is 0 Å². The monoisotopic (exact) mass is 496 g/mol. The van der Waals surface area contributed by atoms with Gasteiger partial charge in [-0.2, -0.15) is 15.3 Å². The fourth-order valence-electron chi connectivity index (χ4n) is 5.38. The van der Waals surface area contributed by atoms with Gasteiger partial charge in [0.15, 0.2) is 5.82 Å². The second-order valence-corrected chi connectivity index (χ2v) is 9.52. The quantitative estimate of drug-likeness (QED) is 0.393. The molecule has 4 aromatic rings. The summed E-state index contributed by atoms with van der Waals surface area (Å²) in [5, 5.41) is 20.6. The number of rotatable bonds is 4. The first kappa shape index (κ1) is 22.9. The van der Waals surface area contributed by atoms with Gasteiger partial charge in [0, 0.05) is 17.1 Å². The maximum Gasteiger partial charge on any atom is 0.254 e. The van der Waals surface area contributed by atoms with Crippen molar-refractivity contribution in [3.63, 3.8) is 0 Å². The predicted molar refractivity (Wildman–Crippen MR) is 138 cm³/mol. The highest BCUT2D eigenvalue weighted by molar-refractivity contribution is 6.10. The molecule has 1 aliphatic heterocycles. The SMILES string of the molecule is C[C@@H]1C(=O)N(c2ccc(F)c(C#N)c2)c2cnc(Nc3ccc4[nH]ncc4c3)nc2N1C1CCCCC1. The molecule has 0 saturated heterocycles. The van der Waals surface area contributed by atoms with Gasteiger partial charge in [-0.25, -0.2) is 9.37 Å². The van der Waals surface area contributed by atoms with Crippen LogP contribution < -0.4 is 15.1 Å². The van der Waals surface area contributed by atoms with E-state index in [1.807, 2.05) is 31.2 Å². The van der Waals surface area contributed by atoms with E-state index in [0.717, 1.165) is 42.3 Å². The molecule has 0 unspecified atom stereocenters. The Hall–Kier alpha value is -4.52. The van der Waals surface area contributed by atoms with Gasteiger partial charge in [-0.1, -0.05) is 19.3 Å². The number of aromatic nitrogens is 4. The smallest absolute Gasteiger partial charge is 0.254 e. The van der Waals surface area contributed by atoms with Crippen LogP contribution in [0.2, 0.25) is 0 Å². The number of fused-ring (bicyclic) bond motifs is 2. The highest BCUT2D eigenvalue weighted by Crippen LogP contribution is 2.42. The summed E-state index contributed by atoms with van der Waals surface area (Å²) in [7, 11) is 0. The average molecular weight is 497 g/mol. The Morgan fingerprint density at radius 3 is 2.78 bits per heavy atom. The van der Waals surface area contributed by atoms with E-state index in [4.69, 9.17) is 4.98 Å². The summed E-state index contributed by atoms with van der Waals surface area (Å²) in [6.07, 6.45) is 8.73. The van der Waals surface area contributed by atoms with Gasteiger partial charge in [0.25, 0.3) is 5.91 Å². The largest absolute Gasteiger partial charge is 0.340 e. The van der Waals surface area contributed by atoms with Crippen molar-refractivity contribution in [1.29, 1.82) is 5.26 Å². The van der Waals surface area contributed by atoms with Crippen LogP contribution in [0.25, 0.3) is 10.9 Å². The van der Waals surface area contributed by atoms with Gasteiger partial charge < -0.3 is 10.2 Å². The van der Waals surface area contributed by atoms with Crippen LogP contribution in [0.3, 0.4) is 0 Å². The van der Waals surface area contributed by atoms with Crippen LogP contribution in [0.15, 0.2) is 48.8 Å². The summed E-state index contributed by atoms with van der Waals surface area (Å²) >= 11 is 0. The third kappa shape index (κ3) is 4.02. The van der Waals surface area contributed by atoms with E-state index in [2.05, 4.69) is 25.4 Å². The molecule has 186 valence electrons. The van der Waals surface area contributed by atoms with Crippen molar-refractivity contribution in [2.45, 2.75) is 51.1 Å². The number of hydrogen-bond acceptors (Lipinski definition) is 7. The third-order valence-electron chi connectivity index (χ3n) is 7.22. The third-order valence-corrected chi connectivity index (χ3v) is 7.22. The van der Waals surface area contributed by atoms with Gasteiger partial charge >= 0.3 is 0 Å². The molecule has 2 aliphatic rings. The van der Waals surface area contributed by atoms with Crippen molar-refractivity contribution >= 4 is 45.6 Å². The summed E-state index contributed by atoms with van der Waals surface area (Å²) in [5.74, 6) is 0.255. The molecule has 9 nitrogen and oxygen atoms in total. The van der Waals surface area contributed by atoms with Crippen LogP contribution in [0, 0.1) is 17.1 Å². The minimum atomic E-state index is -0.627. The predicted octanol–water partition coefficient (Wildman–Crippen LogP) is 5.31. The molecular weight excluding hydrogens is 471 g/mol. The Bertz CT molecular complexity index is 1540. The number of H-pyrrole nitrogens is 1. The minimum Gasteiger partial charge on any atom is -0.340 e. The Morgan fingerprint density at radius 1 is 1.14 bits per heavy atom. The molecule has 37 heavy (non-hydrogen) atoms. The van der Waals surface area contributed by atoms with Crippen LogP contribution in [-0.4, -0.2) is 38.2 Å². The highest BCUT2D eigenvalue weighted by Gasteiger charge is 2.41. The van der Waals surface area contributed by atoms with Gasteiger partial charge in [-0.3, -0.25) is 14.8 Å². The Labute approximate surface area is 212 Å². The van der Waals surface area contributed by atoms with Crippen molar-refractivity contribution < 1.29 is 9.18 Å². The number of nitriles is 1. The molecule has 2 aromatic carbocycles. The van der Waals surface area contributed by atoms with Gasteiger partial charge in [-0.15, -0.1) is 0 Å². The second-order valence-electron chi connectivity index (χ2n) is 9.52. The zero-order valence-corrected chi connectivity index (χ0v) is 20.3. The standard InChI is InChI=1S/C27H25FN8O/c1-16-26(37)36(21-8-9-22(28)17(12-21)13-29)24-15-30-27(32-19-7-10-23-18(11-19)14-31-34-23)33-25(24)35(16)20-5-3-2-4-6-20/h7-12,14-16,20H,2-6H2,1H3,(H,31,34)(H,30,32,33)/t16-/m1/s1. The van der Waals surface area contributed by atoms with Gasteiger partial charge in [0.05, 0.1) is 29.2 Å². The van der Waals surface area contributed by atoms with E-state index in [1.165, 1.54) is 29.5 Å². The van der Waals surface area contributed by atoms with Crippen LogP contribution in [-0.2, 0) is 4.79 Å². The van der Waals surface area contributed by atoms with Crippen LogP contribution in [0.1, 0.15) is 44.6 Å². The zero-order valence-electron chi connectivity index (χ0n) is 20.3. The number of nitrogens with one attached hydrogen (secondary N) is 2. The number of carbonyl (C=O) groups is 1. The fourth-order valence-corrected chi connectivity index (χ4v) is 5.38. The first-order valence-corrected chi connectivity index (χ1v) is 12.4. The zero-order chi connectivity index (χ0) is 25.5. The summed E-state index contributed by atoms with van der Waals surface area (Å²) in [6, 6.07) is 11.5. The first-order chi connectivity index (χ1) is 18.0.